The number of amides is 1. The molecule has 0 saturated carbocycles. The number of methoxy groups -OCH3 is 1. The van der Waals surface area contributed by atoms with Crippen molar-refractivity contribution in [1.29, 1.82) is 0 Å². The van der Waals surface area contributed by atoms with E-state index in [0.29, 0.717) is 11.5 Å². The maximum absolute atomic E-state index is 13.7. The normalized spacial score (nSPS) is 15.2. The van der Waals surface area contributed by atoms with Crippen LogP contribution in [0.5, 0.6) is 5.75 Å². The predicted molar refractivity (Wildman–Crippen MR) is 91.8 cm³/mol. The maximum atomic E-state index is 13.7. The molecule has 1 aliphatic heterocycles. The maximum Gasteiger partial charge on any atom is 0.226 e. The number of benzene rings is 1. The second kappa shape index (κ2) is 9.73. The fourth-order valence-corrected chi connectivity index (χ4v) is 2.84. The topological polar surface area (TPSA) is 41.6 Å². The van der Waals surface area contributed by atoms with Gasteiger partial charge < -0.3 is 15.0 Å². The van der Waals surface area contributed by atoms with Crippen LogP contribution in [0.25, 0.3) is 0 Å². The van der Waals surface area contributed by atoms with E-state index in [2.05, 4.69) is 12.2 Å². The van der Waals surface area contributed by atoms with Gasteiger partial charge in [-0.05, 0) is 49.5 Å². The van der Waals surface area contributed by atoms with Gasteiger partial charge >= 0.3 is 0 Å². The van der Waals surface area contributed by atoms with E-state index >= 15 is 0 Å². The molecule has 1 aliphatic rings. The van der Waals surface area contributed by atoms with Gasteiger partial charge in [-0.1, -0.05) is 13.0 Å². The molecule has 0 radical (unpaired) electrons. The Kier molecular flexibility index (Phi) is 8.34. The molecule has 0 aliphatic carbocycles. The van der Waals surface area contributed by atoms with Crippen molar-refractivity contribution in [2.75, 3.05) is 33.3 Å². The SMILES string of the molecule is CCNCC1CCN(C(=O)Cc2ccc(OC)c(F)c2)CC1.Cl. The van der Waals surface area contributed by atoms with Crippen LogP contribution in [-0.4, -0.2) is 44.1 Å². The predicted octanol–water partition coefficient (Wildman–Crippen LogP) is 2.65. The van der Waals surface area contributed by atoms with Crippen molar-refractivity contribution in [3.63, 3.8) is 0 Å². The summed E-state index contributed by atoms with van der Waals surface area (Å²) < 4.78 is 18.5. The van der Waals surface area contributed by atoms with Crippen LogP contribution in [-0.2, 0) is 11.2 Å². The van der Waals surface area contributed by atoms with Gasteiger partial charge in [-0.2, -0.15) is 0 Å². The summed E-state index contributed by atoms with van der Waals surface area (Å²) >= 11 is 0. The Balaban J connectivity index is 0.00000264. The van der Waals surface area contributed by atoms with E-state index in [1.807, 2.05) is 4.90 Å². The Morgan fingerprint density at radius 2 is 2.09 bits per heavy atom. The Morgan fingerprint density at radius 3 is 2.65 bits per heavy atom. The molecular weight excluding hydrogens is 319 g/mol. The number of nitrogens with one attached hydrogen (secondary N) is 1. The van der Waals surface area contributed by atoms with E-state index in [1.54, 1.807) is 12.1 Å². The zero-order valence-corrected chi connectivity index (χ0v) is 14.6. The zero-order chi connectivity index (χ0) is 15.9. The van der Waals surface area contributed by atoms with Crippen molar-refractivity contribution in [2.24, 2.45) is 5.92 Å². The number of piperidine rings is 1. The molecule has 0 spiro atoms. The number of hydrogen-bond donors (Lipinski definition) is 1. The molecule has 0 unspecified atom stereocenters. The summed E-state index contributed by atoms with van der Waals surface area (Å²) in [4.78, 5) is 14.2. The monoisotopic (exact) mass is 344 g/mol. The smallest absolute Gasteiger partial charge is 0.226 e. The van der Waals surface area contributed by atoms with Crippen molar-refractivity contribution in [3.05, 3.63) is 29.6 Å². The highest BCUT2D eigenvalue weighted by molar-refractivity contribution is 5.85. The fourth-order valence-electron chi connectivity index (χ4n) is 2.84. The first-order chi connectivity index (χ1) is 10.6. The molecule has 0 atom stereocenters. The van der Waals surface area contributed by atoms with Gasteiger partial charge in [0.25, 0.3) is 0 Å². The number of rotatable bonds is 6. The first kappa shape index (κ1) is 19.7. The zero-order valence-electron chi connectivity index (χ0n) is 13.8. The summed E-state index contributed by atoms with van der Waals surface area (Å²) in [5.41, 5.74) is 0.693. The van der Waals surface area contributed by atoms with Crippen molar-refractivity contribution >= 4 is 18.3 Å². The molecule has 1 N–H and O–H groups in total. The quantitative estimate of drug-likeness (QED) is 0.862. The standard InChI is InChI=1S/C17H25FN2O2.ClH/c1-3-19-12-13-6-8-20(9-7-13)17(21)11-14-4-5-16(22-2)15(18)10-14;/h4-5,10,13,19H,3,6-9,11-12H2,1-2H3;1H. The Hall–Kier alpha value is -1.33. The molecule has 23 heavy (non-hydrogen) atoms. The van der Waals surface area contributed by atoms with Crippen LogP contribution >= 0.6 is 12.4 Å². The Morgan fingerprint density at radius 1 is 1.39 bits per heavy atom. The second-order valence-corrected chi connectivity index (χ2v) is 5.78. The second-order valence-electron chi connectivity index (χ2n) is 5.78. The van der Waals surface area contributed by atoms with Crippen LogP contribution in [0.4, 0.5) is 4.39 Å². The van der Waals surface area contributed by atoms with Gasteiger partial charge in [0, 0.05) is 13.1 Å². The van der Waals surface area contributed by atoms with Crippen LogP contribution in [0.3, 0.4) is 0 Å². The third-order valence-corrected chi connectivity index (χ3v) is 4.22. The first-order valence-corrected chi connectivity index (χ1v) is 7.95. The molecule has 1 amide bonds. The van der Waals surface area contributed by atoms with Gasteiger partial charge in [-0.25, -0.2) is 4.39 Å². The molecular formula is C17H26ClFN2O2. The van der Waals surface area contributed by atoms with Gasteiger partial charge in [0.2, 0.25) is 5.91 Å². The van der Waals surface area contributed by atoms with Gasteiger partial charge in [-0.3, -0.25) is 4.79 Å². The Bertz CT molecular complexity index is 505. The average molecular weight is 345 g/mol. The van der Waals surface area contributed by atoms with Gasteiger partial charge in [0.15, 0.2) is 11.6 Å². The number of nitrogens with zero attached hydrogens (tertiary/aromatic N) is 1. The van der Waals surface area contributed by atoms with Crippen molar-refractivity contribution < 1.29 is 13.9 Å². The van der Waals surface area contributed by atoms with Crippen molar-refractivity contribution in [2.45, 2.75) is 26.2 Å². The molecule has 1 fully saturated rings. The molecule has 1 saturated heterocycles. The number of carbonyl (C=O) groups is 1. The van der Waals surface area contributed by atoms with Crippen LogP contribution in [0.2, 0.25) is 0 Å². The highest BCUT2D eigenvalue weighted by atomic mass is 35.5. The summed E-state index contributed by atoms with van der Waals surface area (Å²) in [5, 5.41) is 3.36. The minimum absolute atomic E-state index is 0. The number of carbonyl (C=O) groups excluding carboxylic acids is 1. The van der Waals surface area contributed by atoms with Crippen LogP contribution < -0.4 is 10.1 Å². The largest absolute Gasteiger partial charge is 0.494 e. The molecule has 1 aromatic rings. The van der Waals surface area contributed by atoms with E-state index in [0.717, 1.165) is 39.0 Å². The molecule has 0 bridgehead atoms. The van der Waals surface area contributed by atoms with E-state index < -0.39 is 5.82 Å². The molecule has 2 rings (SSSR count). The lowest BCUT2D eigenvalue weighted by Gasteiger charge is -2.32. The summed E-state index contributed by atoms with van der Waals surface area (Å²) in [6.45, 7) is 5.72. The number of halogens is 2. The van der Waals surface area contributed by atoms with E-state index in [9.17, 15) is 9.18 Å². The molecule has 0 aromatic heterocycles. The van der Waals surface area contributed by atoms with Crippen LogP contribution in [0, 0.1) is 11.7 Å². The number of ether oxygens (including phenoxy) is 1. The van der Waals surface area contributed by atoms with Crippen molar-refractivity contribution in [3.8, 4) is 5.75 Å². The fraction of sp³-hybridized carbons (Fsp3) is 0.588. The molecule has 1 aromatic carbocycles. The average Bonchev–Trinajstić information content (AvgIpc) is 2.53. The number of likely N-dealkylation sites (tertiary alicyclic amines) is 1. The van der Waals surface area contributed by atoms with Gasteiger partial charge in [-0.15, -0.1) is 12.4 Å². The third-order valence-electron chi connectivity index (χ3n) is 4.22. The molecule has 1 heterocycles. The molecule has 4 nitrogen and oxygen atoms in total. The summed E-state index contributed by atoms with van der Waals surface area (Å²) in [5.74, 6) is 0.520. The third kappa shape index (κ3) is 5.66. The minimum Gasteiger partial charge on any atom is -0.494 e. The lowest BCUT2D eigenvalue weighted by molar-refractivity contribution is -0.131. The first-order valence-electron chi connectivity index (χ1n) is 7.95. The summed E-state index contributed by atoms with van der Waals surface area (Å²) in [6, 6.07) is 4.70. The van der Waals surface area contributed by atoms with Gasteiger partial charge in [0.1, 0.15) is 0 Å². The summed E-state index contributed by atoms with van der Waals surface area (Å²) in [6.07, 6.45) is 2.32. The Labute approximate surface area is 143 Å². The van der Waals surface area contributed by atoms with Crippen LogP contribution in [0.15, 0.2) is 18.2 Å². The highest BCUT2D eigenvalue weighted by Gasteiger charge is 2.22. The van der Waals surface area contributed by atoms with Crippen LogP contribution in [0.1, 0.15) is 25.3 Å². The lowest BCUT2D eigenvalue weighted by atomic mass is 9.96. The lowest BCUT2D eigenvalue weighted by Crippen LogP contribution is -2.41. The van der Waals surface area contributed by atoms with Crippen molar-refractivity contribution in [1.82, 2.24) is 10.2 Å². The molecule has 130 valence electrons. The minimum atomic E-state index is -0.419. The molecule has 6 heteroatoms. The van der Waals surface area contributed by atoms with Gasteiger partial charge in [0.05, 0.1) is 13.5 Å². The van der Waals surface area contributed by atoms with E-state index in [-0.39, 0.29) is 30.5 Å². The van der Waals surface area contributed by atoms with E-state index in [4.69, 9.17) is 4.74 Å². The number of hydrogen-bond acceptors (Lipinski definition) is 3. The van der Waals surface area contributed by atoms with E-state index in [1.165, 1.54) is 13.2 Å². The summed E-state index contributed by atoms with van der Waals surface area (Å²) in [7, 11) is 1.43. The highest BCUT2D eigenvalue weighted by Crippen LogP contribution is 2.20.